The Morgan fingerprint density at radius 1 is 0.500 bits per heavy atom. The van der Waals surface area contributed by atoms with Crippen molar-refractivity contribution >= 4 is 53.3 Å². The Morgan fingerprint density at radius 3 is 1.82 bits per heavy atom. The molecule has 0 radical (unpaired) electrons. The Kier molecular flexibility index (Phi) is 3.82. The third-order valence-corrected chi connectivity index (χ3v) is 8.68. The van der Waals surface area contributed by atoms with Gasteiger partial charge in [-0.2, -0.15) is 9.97 Å². The molecule has 0 bridgehead atoms. The van der Waals surface area contributed by atoms with Crippen molar-refractivity contribution in [3.63, 3.8) is 0 Å². The number of rotatable bonds is 4. The number of fused-ring (bicyclic) bond motifs is 7. The first-order chi connectivity index (χ1) is 26.0. The van der Waals surface area contributed by atoms with Gasteiger partial charge in [0.05, 0.1) is 29.4 Å². The minimum atomic E-state index is -0.520. The molecule has 0 saturated carbocycles. The van der Waals surface area contributed by atoms with Gasteiger partial charge in [0.25, 0.3) is 0 Å². The van der Waals surface area contributed by atoms with Crippen LogP contribution in [0, 0.1) is 0 Å². The van der Waals surface area contributed by atoms with Gasteiger partial charge in [-0.15, -0.1) is 11.3 Å². The highest BCUT2D eigenvalue weighted by molar-refractivity contribution is 7.26. The van der Waals surface area contributed by atoms with Crippen LogP contribution in [0.4, 0.5) is 0 Å². The number of aromatic nitrogens is 4. The van der Waals surface area contributed by atoms with E-state index in [0.29, 0.717) is 11.1 Å². The molecule has 5 heteroatoms. The van der Waals surface area contributed by atoms with Gasteiger partial charge in [0, 0.05) is 37.4 Å². The fraction of sp³-hybridized carbons (Fsp3) is 0. The Labute approximate surface area is 271 Å². The fourth-order valence-electron chi connectivity index (χ4n) is 5.52. The van der Waals surface area contributed by atoms with E-state index in [1.165, 1.54) is 4.57 Å². The molecule has 0 aliphatic carbocycles. The van der Waals surface area contributed by atoms with Crippen molar-refractivity contribution in [1.82, 2.24) is 19.5 Å². The first kappa shape index (κ1) is 16.8. The zero-order chi connectivity index (χ0) is 37.7. The molecule has 206 valence electrons. The number of hydrogen-bond acceptors (Lipinski definition) is 4. The third kappa shape index (κ3) is 3.94. The summed E-state index contributed by atoms with van der Waals surface area (Å²) >= 11 is 1.00. The number of thiophene rings is 1. The molecule has 0 atom stereocenters. The normalized spacial score (nSPS) is 14.8. The van der Waals surface area contributed by atoms with Crippen LogP contribution in [0.2, 0.25) is 0 Å². The lowest BCUT2D eigenvalue weighted by Crippen LogP contribution is -2.06. The molecule has 3 aromatic heterocycles. The molecule has 0 aliphatic heterocycles. The Bertz CT molecular complexity index is 3040. The van der Waals surface area contributed by atoms with Gasteiger partial charge in [-0.3, -0.25) is 4.57 Å². The quantitative estimate of drug-likeness (QED) is 0.205. The topological polar surface area (TPSA) is 43.6 Å². The van der Waals surface area contributed by atoms with Crippen LogP contribution < -0.4 is 0 Å². The fourth-order valence-corrected chi connectivity index (χ4v) is 6.62. The van der Waals surface area contributed by atoms with Crippen molar-refractivity contribution in [2.45, 2.75) is 0 Å². The van der Waals surface area contributed by atoms with E-state index in [2.05, 4.69) is 0 Å². The predicted octanol–water partition coefficient (Wildman–Crippen LogP) is 10.3. The molecule has 9 rings (SSSR count). The van der Waals surface area contributed by atoms with Crippen molar-refractivity contribution in [2.75, 3.05) is 0 Å². The number of para-hydroxylation sites is 1. The molecule has 0 aliphatic rings. The smallest absolute Gasteiger partial charge is 0.238 e. The maximum absolute atomic E-state index is 9.30. The minimum absolute atomic E-state index is 0.0103. The highest BCUT2D eigenvalue weighted by Gasteiger charge is 2.21. The first-order valence-electron chi connectivity index (χ1n) is 18.8. The summed E-state index contributed by atoms with van der Waals surface area (Å²) in [6.07, 6.45) is 0. The highest BCUT2D eigenvalue weighted by atomic mass is 32.1. The van der Waals surface area contributed by atoms with Crippen LogP contribution in [0.25, 0.3) is 81.8 Å². The van der Waals surface area contributed by atoms with Gasteiger partial charge in [0.2, 0.25) is 5.95 Å². The van der Waals surface area contributed by atoms with E-state index >= 15 is 0 Å². The average Bonchev–Trinajstić information content (AvgIpc) is 3.78. The van der Waals surface area contributed by atoms with Crippen LogP contribution in [0.1, 0.15) is 13.7 Å². The lowest BCUT2D eigenvalue weighted by atomic mass is 10.0. The van der Waals surface area contributed by atoms with E-state index in [1.807, 2.05) is 84.9 Å². The van der Waals surface area contributed by atoms with E-state index in [1.54, 1.807) is 0 Å². The van der Waals surface area contributed by atoms with Gasteiger partial charge in [0.1, 0.15) is 0 Å². The molecular formula is C39H24N4S. The van der Waals surface area contributed by atoms with E-state index < -0.39 is 36.3 Å². The number of nitrogens with zero attached hydrogens (tertiary/aromatic N) is 4. The second-order valence-electron chi connectivity index (χ2n) is 10.1. The van der Waals surface area contributed by atoms with Crippen LogP contribution in [0.5, 0.6) is 0 Å². The summed E-state index contributed by atoms with van der Waals surface area (Å²) in [5, 5.41) is 0.223. The van der Waals surface area contributed by atoms with E-state index in [9.17, 15) is 1.37 Å². The standard InChI is InChI=1S/C39H24N4S/c1-3-11-25(12-4-1)26-19-21-28(22-20-26)38-40-37(27-13-5-2-6-14-27)41-39(42-38)43-33-17-9-7-15-29(33)31-23-24-32-30-16-8-10-18-34(30)44-36(32)35(31)43/h1-24H/i7D,8D,9D,10D,15D,16D,17D,18D,23D,24D. The molecular weight excluding hydrogens is 557 g/mol. The average molecular weight is 591 g/mol. The maximum Gasteiger partial charge on any atom is 0.238 e. The number of benzene rings is 6. The lowest BCUT2D eigenvalue weighted by Gasteiger charge is -2.11. The Balaban J connectivity index is 1.46. The van der Waals surface area contributed by atoms with Crippen LogP contribution in [-0.4, -0.2) is 19.5 Å². The molecule has 9 aromatic rings. The number of hydrogen-bond donors (Lipinski definition) is 0. The summed E-state index contributed by atoms with van der Waals surface area (Å²) in [5.74, 6) is 0.519. The molecule has 0 saturated heterocycles. The summed E-state index contributed by atoms with van der Waals surface area (Å²) in [5.41, 5.74) is 3.45. The summed E-state index contributed by atoms with van der Waals surface area (Å²) in [6, 6.07) is 22.6. The molecule has 0 N–H and O–H groups in total. The molecule has 0 fully saturated rings. The van der Waals surface area contributed by atoms with Gasteiger partial charge in [-0.05, 0) is 23.2 Å². The van der Waals surface area contributed by atoms with Crippen LogP contribution in [0.3, 0.4) is 0 Å². The van der Waals surface area contributed by atoms with Crippen LogP contribution in [-0.2, 0) is 0 Å². The van der Waals surface area contributed by atoms with Crippen molar-refractivity contribution < 1.29 is 13.7 Å². The van der Waals surface area contributed by atoms with Crippen molar-refractivity contribution in [3.8, 4) is 39.9 Å². The second-order valence-corrected chi connectivity index (χ2v) is 11.2. The lowest BCUT2D eigenvalue weighted by molar-refractivity contribution is 0.955. The van der Waals surface area contributed by atoms with Crippen molar-refractivity contribution in [2.24, 2.45) is 0 Å². The third-order valence-electron chi connectivity index (χ3n) is 7.57. The van der Waals surface area contributed by atoms with E-state index in [4.69, 9.17) is 27.3 Å². The largest absolute Gasteiger partial charge is 0.276 e. The zero-order valence-corrected chi connectivity index (χ0v) is 23.6. The molecule has 0 amide bonds. The highest BCUT2D eigenvalue weighted by Crippen LogP contribution is 2.42. The SMILES string of the molecule is [2H]c1c([2H])c([2H])c2c(sc3c2c([2H])c([2H])c2c4c([2H])c([2H])c([2H])c([2H])c4n(-c4nc(-c5ccccc5)nc(-c5ccc(-c6ccccc6)cc5)n4)c32)c1[2H]. The van der Waals surface area contributed by atoms with Gasteiger partial charge in [0.15, 0.2) is 11.6 Å². The van der Waals surface area contributed by atoms with Crippen LogP contribution in [0.15, 0.2) is 145 Å². The molecule has 4 nitrogen and oxygen atoms in total. The Morgan fingerprint density at radius 2 is 1.07 bits per heavy atom. The summed E-state index contributed by atoms with van der Waals surface area (Å²) in [7, 11) is 0. The maximum atomic E-state index is 9.30. The van der Waals surface area contributed by atoms with E-state index in [-0.39, 0.29) is 83.7 Å². The monoisotopic (exact) mass is 590 g/mol. The van der Waals surface area contributed by atoms with Crippen molar-refractivity contribution in [1.29, 1.82) is 0 Å². The summed E-state index contributed by atoms with van der Waals surface area (Å²) in [4.78, 5) is 14.7. The van der Waals surface area contributed by atoms with Gasteiger partial charge in [-0.25, -0.2) is 4.98 Å². The zero-order valence-electron chi connectivity index (χ0n) is 32.8. The summed E-state index contributed by atoms with van der Waals surface area (Å²) < 4.78 is 90.0. The van der Waals surface area contributed by atoms with Gasteiger partial charge in [-0.1, -0.05) is 133 Å². The summed E-state index contributed by atoms with van der Waals surface area (Å²) in [6.45, 7) is 0. The second kappa shape index (κ2) is 9.97. The van der Waals surface area contributed by atoms with E-state index in [0.717, 1.165) is 22.5 Å². The first-order valence-corrected chi connectivity index (χ1v) is 14.6. The molecule has 0 unspecified atom stereocenters. The molecule has 3 heterocycles. The molecule has 6 aromatic carbocycles. The van der Waals surface area contributed by atoms with Crippen molar-refractivity contribution in [3.05, 3.63) is 145 Å². The molecule has 0 spiro atoms. The van der Waals surface area contributed by atoms with Gasteiger partial charge < -0.3 is 0 Å². The minimum Gasteiger partial charge on any atom is -0.276 e. The predicted molar refractivity (Wildman–Crippen MR) is 183 cm³/mol. The van der Waals surface area contributed by atoms with Gasteiger partial charge >= 0.3 is 0 Å². The molecule has 44 heavy (non-hydrogen) atoms. The Hall–Kier alpha value is -5.65. The van der Waals surface area contributed by atoms with Crippen LogP contribution >= 0.6 is 11.3 Å².